The molecule has 104 valence electrons. The summed E-state index contributed by atoms with van der Waals surface area (Å²) >= 11 is 0. The highest BCUT2D eigenvalue weighted by molar-refractivity contribution is 7.63. The van der Waals surface area contributed by atoms with Gasteiger partial charge in [0.05, 0.1) is 25.1 Å². The minimum atomic E-state index is -4.54. The van der Waals surface area contributed by atoms with E-state index in [-0.39, 0.29) is 11.9 Å². The Morgan fingerprint density at radius 2 is 1.89 bits per heavy atom. The molecule has 1 aromatic rings. The summed E-state index contributed by atoms with van der Waals surface area (Å²) in [4.78, 5) is 0. The molecule has 0 atom stereocenters. The van der Waals surface area contributed by atoms with Crippen LogP contribution in [0.4, 0.5) is 13.2 Å². The van der Waals surface area contributed by atoms with E-state index < -0.39 is 19.3 Å². The largest absolute Gasteiger partial charge is 0.452 e. The molecule has 0 unspecified atom stereocenters. The van der Waals surface area contributed by atoms with Crippen molar-refractivity contribution < 1.29 is 26.7 Å². The van der Waals surface area contributed by atoms with E-state index in [1.807, 2.05) is 0 Å². The van der Waals surface area contributed by atoms with Crippen LogP contribution in [0.15, 0.2) is 10.6 Å². The van der Waals surface area contributed by atoms with E-state index in [4.69, 9.17) is 9.05 Å². The number of hydrogen-bond acceptors (Lipinski definition) is 4. The standard InChI is InChI=1S/C10H15F3NO3P/c1-4-15-18(3,16-5-2)7-8-6-9(17-14-8)10(11,12)13/h6H,3-5,7H2,1-2H3. The number of aromatic nitrogens is 1. The van der Waals surface area contributed by atoms with Crippen LogP contribution >= 0.6 is 7.34 Å². The van der Waals surface area contributed by atoms with Gasteiger partial charge < -0.3 is 13.6 Å². The van der Waals surface area contributed by atoms with Gasteiger partial charge in [-0.25, -0.2) is 0 Å². The van der Waals surface area contributed by atoms with E-state index in [0.717, 1.165) is 6.07 Å². The summed E-state index contributed by atoms with van der Waals surface area (Å²) in [7, 11) is -2.47. The highest BCUT2D eigenvalue weighted by Crippen LogP contribution is 2.50. The molecule has 1 rings (SSSR count). The van der Waals surface area contributed by atoms with Crippen LogP contribution in [0.2, 0.25) is 0 Å². The molecule has 18 heavy (non-hydrogen) atoms. The van der Waals surface area contributed by atoms with Crippen LogP contribution in [0, 0.1) is 0 Å². The van der Waals surface area contributed by atoms with Crippen molar-refractivity contribution in [3.63, 3.8) is 0 Å². The Morgan fingerprint density at radius 1 is 1.33 bits per heavy atom. The predicted octanol–water partition coefficient (Wildman–Crippen LogP) is 3.55. The number of hydrogen-bond donors (Lipinski definition) is 0. The van der Waals surface area contributed by atoms with E-state index in [1.165, 1.54) is 0 Å². The van der Waals surface area contributed by atoms with Gasteiger partial charge in [-0.15, -0.1) is 0 Å². The van der Waals surface area contributed by atoms with E-state index in [9.17, 15) is 13.2 Å². The molecule has 4 nitrogen and oxygen atoms in total. The number of nitrogens with zero attached hydrogens (tertiary/aromatic N) is 1. The Labute approximate surface area is 103 Å². The maximum atomic E-state index is 12.3. The molecule has 0 aliphatic rings. The molecule has 1 aromatic heterocycles. The lowest BCUT2D eigenvalue weighted by Crippen LogP contribution is -2.02. The molecule has 0 spiro atoms. The van der Waals surface area contributed by atoms with E-state index in [0.29, 0.717) is 13.2 Å². The first kappa shape index (κ1) is 15.3. The smallest absolute Gasteiger partial charge is 0.351 e. The molecule has 0 N–H and O–H groups in total. The molecule has 0 saturated heterocycles. The summed E-state index contributed by atoms with van der Waals surface area (Å²) in [5.41, 5.74) is 0.132. The van der Waals surface area contributed by atoms with Crippen molar-refractivity contribution in [3.8, 4) is 0 Å². The lowest BCUT2D eigenvalue weighted by atomic mass is 10.4. The second kappa shape index (κ2) is 5.91. The van der Waals surface area contributed by atoms with Crippen LogP contribution in [-0.4, -0.2) is 24.7 Å². The van der Waals surface area contributed by atoms with Gasteiger partial charge in [-0.05, 0) is 13.8 Å². The first-order valence-electron chi connectivity index (χ1n) is 5.35. The molecule has 0 radical (unpaired) electrons. The quantitative estimate of drug-likeness (QED) is 0.750. The summed E-state index contributed by atoms with van der Waals surface area (Å²) in [6, 6.07) is 0.845. The van der Waals surface area contributed by atoms with Crippen molar-refractivity contribution in [3.05, 3.63) is 17.5 Å². The molecular weight excluding hydrogens is 270 g/mol. The van der Waals surface area contributed by atoms with E-state index in [1.54, 1.807) is 13.8 Å². The van der Waals surface area contributed by atoms with Crippen molar-refractivity contribution in [2.24, 2.45) is 0 Å². The van der Waals surface area contributed by atoms with Crippen LogP contribution in [-0.2, 0) is 21.4 Å². The monoisotopic (exact) mass is 285 g/mol. The van der Waals surface area contributed by atoms with Crippen molar-refractivity contribution >= 4 is 13.6 Å². The topological polar surface area (TPSA) is 44.5 Å². The molecule has 0 aliphatic heterocycles. The summed E-state index contributed by atoms with van der Waals surface area (Å²) in [6.07, 6.45) is -0.626. The fraction of sp³-hybridized carbons (Fsp3) is 0.600. The average molecular weight is 285 g/mol. The Hall–Kier alpha value is -0.780. The maximum Gasteiger partial charge on any atom is 0.452 e. The third-order valence-electron chi connectivity index (χ3n) is 1.97. The second-order valence-corrected chi connectivity index (χ2v) is 5.95. The minimum Gasteiger partial charge on any atom is -0.351 e. The van der Waals surface area contributed by atoms with Gasteiger partial charge in [0.25, 0.3) is 0 Å². The Morgan fingerprint density at radius 3 is 2.28 bits per heavy atom. The number of halogens is 3. The molecule has 0 amide bonds. The normalized spacial score (nSPS) is 12.9. The Balaban J connectivity index is 2.82. The zero-order valence-corrected chi connectivity index (χ0v) is 11.1. The van der Waals surface area contributed by atoms with Gasteiger partial charge >= 0.3 is 6.18 Å². The van der Waals surface area contributed by atoms with Crippen molar-refractivity contribution in [2.75, 3.05) is 13.2 Å². The summed E-state index contributed by atoms with van der Waals surface area (Å²) < 4.78 is 52.0. The van der Waals surface area contributed by atoms with Crippen molar-refractivity contribution in [1.82, 2.24) is 5.16 Å². The fourth-order valence-corrected chi connectivity index (χ4v) is 3.21. The van der Waals surface area contributed by atoms with Crippen molar-refractivity contribution in [1.29, 1.82) is 0 Å². The zero-order valence-electron chi connectivity index (χ0n) is 10.2. The van der Waals surface area contributed by atoms with Gasteiger partial charge in [-0.3, -0.25) is 0 Å². The average Bonchev–Trinajstić information content (AvgIpc) is 2.65. The van der Waals surface area contributed by atoms with E-state index in [2.05, 4.69) is 16.0 Å². The summed E-state index contributed by atoms with van der Waals surface area (Å²) in [5.74, 6) is -1.13. The molecule has 0 bridgehead atoms. The van der Waals surface area contributed by atoms with Crippen molar-refractivity contribution in [2.45, 2.75) is 26.2 Å². The van der Waals surface area contributed by atoms with E-state index >= 15 is 0 Å². The van der Waals surface area contributed by atoms with Crippen LogP contribution < -0.4 is 0 Å². The first-order valence-corrected chi connectivity index (χ1v) is 7.34. The Bertz CT molecular complexity index is 420. The van der Waals surface area contributed by atoms with Crippen LogP contribution in [0.25, 0.3) is 0 Å². The fourth-order valence-electron chi connectivity index (χ4n) is 1.37. The summed E-state index contributed by atoms with van der Waals surface area (Å²) in [5, 5.41) is 3.36. The number of alkyl halides is 3. The molecule has 0 aliphatic carbocycles. The van der Waals surface area contributed by atoms with Gasteiger partial charge in [0.1, 0.15) is 7.34 Å². The molecule has 8 heteroatoms. The Kier molecular flexibility index (Phi) is 5.01. The second-order valence-electron chi connectivity index (χ2n) is 3.49. The molecular formula is C10H15F3NO3P. The molecule has 0 fully saturated rings. The first-order chi connectivity index (χ1) is 8.30. The minimum absolute atomic E-state index is 0.0915. The molecule has 1 heterocycles. The van der Waals surface area contributed by atoms with Gasteiger partial charge in [0.2, 0.25) is 5.76 Å². The summed E-state index contributed by atoms with van der Waals surface area (Å²) in [6.45, 7) is 4.29. The van der Waals surface area contributed by atoms with Gasteiger partial charge in [0.15, 0.2) is 0 Å². The third kappa shape index (κ3) is 4.15. The van der Waals surface area contributed by atoms with Crippen LogP contribution in [0.5, 0.6) is 0 Å². The lowest BCUT2D eigenvalue weighted by Gasteiger charge is -2.22. The maximum absolute atomic E-state index is 12.3. The SMILES string of the molecule is C=P(Cc1cc(C(F)(F)F)on1)(OCC)OCC. The van der Waals surface area contributed by atoms with Gasteiger partial charge in [0, 0.05) is 6.07 Å². The highest BCUT2D eigenvalue weighted by Gasteiger charge is 2.36. The molecule has 0 aromatic carbocycles. The third-order valence-corrected chi connectivity index (χ3v) is 4.23. The van der Waals surface area contributed by atoms with Crippen LogP contribution in [0.3, 0.4) is 0 Å². The van der Waals surface area contributed by atoms with Crippen LogP contribution in [0.1, 0.15) is 25.3 Å². The van der Waals surface area contributed by atoms with Gasteiger partial charge in [-0.2, -0.15) is 13.2 Å². The highest BCUT2D eigenvalue weighted by atomic mass is 31.2. The zero-order chi connectivity index (χ0) is 13.8. The lowest BCUT2D eigenvalue weighted by molar-refractivity contribution is -0.155. The van der Waals surface area contributed by atoms with Gasteiger partial charge in [-0.1, -0.05) is 11.5 Å². The molecule has 0 saturated carbocycles. The predicted molar refractivity (Wildman–Crippen MR) is 62.5 cm³/mol. The number of rotatable bonds is 6.